The number of aromatic amines is 1. The first kappa shape index (κ1) is 21.9. The first-order chi connectivity index (χ1) is 15.5. The number of rotatable bonds is 7. The molecule has 0 aliphatic carbocycles. The fourth-order valence-corrected chi connectivity index (χ4v) is 4.84. The molecule has 4 rings (SSSR count). The number of hydrogen-bond acceptors (Lipinski definition) is 7. The highest BCUT2D eigenvalue weighted by molar-refractivity contribution is 7.99. The lowest BCUT2D eigenvalue weighted by Gasteiger charge is -2.11. The highest BCUT2D eigenvalue weighted by Gasteiger charge is 2.15. The van der Waals surface area contributed by atoms with E-state index in [0.717, 1.165) is 28.5 Å². The van der Waals surface area contributed by atoms with E-state index in [1.54, 1.807) is 25.3 Å². The second-order valence-electron chi connectivity index (χ2n) is 6.97. The van der Waals surface area contributed by atoms with Gasteiger partial charge in [-0.1, -0.05) is 41.6 Å². The molecule has 0 aliphatic heterocycles. The molecule has 0 spiro atoms. The SMILES string of the molecule is COc1ccc(OC)c(NC(=O)CSc2nc3scc(-c4ccc(C)cc4)c3c(=O)[nH]2)c1. The van der Waals surface area contributed by atoms with Gasteiger partial charge in [0.2, 0.25) is 5.91 Å². The van der Waals surface area contributed by atoms with E-state index >= 15 is 0 Å². The van der Waals surface area contributed by atoms with E-state index in [9.17, 15) is 9.59 Å². The maximum absolute atomic E-state index is 12.8. The number of carbonyl (C=O) groups excluding carboxylic acids is 1. The molecule has 0 bridgehead atoms. The molecule has 9 heteroatoms. The van der Waals surface area contributed by atoms with Gasteiger partial charge < -0.3 is 19.8 Å². The Kier molecular flexibility index (Phi) is 6.48. The molecule has 0 radical (unpaired) electrons. The lowest BCUT2D eigenvalue weighted by Crippen LogP contribution is -2.16. The number of anilines is 1. The molecule has 164 valence electrons. The van der Waals surface area contributed by atoms with Crippen LogP contribution in [0.25, 0.3) is 21.3 Å². The molecule has 1 amide bonds. The van der Waals surface area contributed by atoms with Crippen molar-refractivity contribution in [1.29, 1.82) is 0 Å². The Bertz CT molecular complexity index is 1330. The van der Waals surface area contributed by atoms with E-state index in [1.165, 1.54) is 18.4 Å². The third kappa shape index (κ3) is 4.63. The predicted molar refractivity (Wildman–Crippen MR) is 129 cm³/mol. The number of benzene rings is 2. The number of fused-ring (bicyclic) bond motifs is 1. The zero-order valence-corrected chi connectivity index (χ0v) is 19.4. The number of aromatic nitrogens is 2. The standard InChI is InChI=1S/C23H21N3O4S2/c1-13-4-6-14(7-5-13)16-11-31-22-20(16)21(28)25-23(26-22)32-12-19(27)24-17-10-15(29-2)8-9-18(17)30-3/h4-11H,12H2,1-3H3,(H,24,27)(H,25,26,28). The number of methoxy groups -OCH3 is 2. The summed E-state index contributed by atoms with van der Waals surface area (Å²) in [5, 5.41) is 5.70. The van der Waals surface area contributed by atoms with Crippen molar-refractivity contribution in [3.8, 4) is 22.6 Å². The topological polar surface area (TPSA) is 93.3 Å². The summed E-state index contributed by atoms with van der Waals surface area (Å²) in [7, 11) is 3.08. The minimum atomic E-state index is -0.254. The number of ether oxygens (including phenoxy) is 2. The van der Waals surface area contributed by atoms with E-state index in [0.29, 0.717) is 32.6 Å². The van der Waals surface area contributed by atoms with E-state index in [1.807, 2.05) is 36.6 Å². The first-order valence-electron chi connectivity index (χ1n) is 9.71. The van der Waals surface area contributed by atoms with Crippen LogP contribution in [0.15, 0.2) is 57.8 Å². The summed E-state index contributed by atoms with van der Waals surface area (Å²) in [5.74, 6) is 0.952. The number of carbonyl (C=O) groups is 1. The Morgan fingerprint density at radius 2 is 1.94 bits per heavy atom. The number of aryl methyl sites for hydroxylation is 1. The normalized spacial score (nSPS) is 10.8. The lowest BCUT2D eigenvalue weighted by atomic mass is 10.1. The van der Waals surface area contributed by atoms with Gasteiger partial charge in [0.1, 0.15) is 16.3 Å². The molecule has 0 fully saturated rings. The maximum Gasteiger partial charge on any atom is 0.260 e. The summed E-state index contributed by atoms with van der Waals surface area (Å²) in [6, 6.07) is 13.2. The summed E-state index contributed by atoms with van der Waals surface area (Å²) >= 11 is 2.57. The van der Waals surface area contributed by atoms with Crippen molar-refractivity contribution in [3.63, 3.8) is 0 Å². The molecule has 2 N–H and O–H groups in total. The molecular weight excluding hydrogens is 446 g/mol. The van der Waals surface area contributed by atoms with Crippen LogP contribution in [0.4, 0.5) is 5.69 Å². The molecule has 0 saturated heterocycles. The highest BCUT2D eigenvalue weighted by Crippen LogP contribution is 2.32. The van der Waals surface area contributed by atoms with Crippen LogP contribution >= 0.6 is 23.1 Å². The van der Waals surface area contributed by atoms with Crippen LogP contribution in [-0.2, 0) is 4.79 Å². The van der Waals surface area contributed by atoms with Gasteiger partial charge in [0.25, 0.3) is 5.56 Å². The van der Waals surface area contributed by atoms with Crippen molar-refractivity contribution in [2.75, 3.05) is 25.3 Å². The quantitative estimate of drug-likeness (QED) is 0.302. The number of H-pyrrole nitrogens is 1. The van der Waals surface area contributed by atoms with Gasteiger partial charge in [-0.15, -0.1) is 11.3 Å². The predicted octanol–water partition coefficient (Wildman–Crippen LogP) is 4.71. The monoisotopic (exact) mass is 467 g/mol. The van der Waals surface area contributed by atoms with Gasteiger partial charge >= 0.3 is 0 Å². The number of thiophene rings is 1. The molecular formula is C23H21N3O4S2. The molecule has 2 heterocycles. The van der Waals surface area contributed by atoms with Gasteiger partial charge in [-0.2, -0.15) is 0 Å². The van der Waals surface area contributed by atoms with Crippen LogP contribution in [0.2, 0.25) is 0 Å². The molecule has 0 atom stereocenters. The minimum absolute atomic E-state index is 0.0744. The van der Waals surface area contributed by atoms with E-state index < -0.39 is 0 Å². The minimum Gasteiger partial charge on any atom is -0.497 e. The van der Waals surface area contributed by atoms with Crippen LogP contribution in [-0.4, -0.2) is 35.8 Å². The number of thioether (sulfide) groups is 1. The Morgan fingerprint density at radius 3 is 2.66 bits per heavy atom. The smallest absolute Gasteiger partial charge is 0.260 e. The van der Waals surface area contributed by atoms with Gasteiger partial charge in [-0.25, -0.2) is 4.98 Å². The third-order valence-corrected chi connectivity index (χ3v) is 6.55. The largest absolute Gasteiger partial charge is 0.497 e. The second kappa shape index (κ2) is 9.46. The van der Waals surface area contributed by atoms with Gasteiger partial charge in [0, 0.05) is 17.0 Å². The zero-order chi connectivity index (χ0) is 22.7. The Balaban J connectivity index is 1.50. The van der Waals surface area contributed by atoms with Gasteiger partial charge in [0.05, 0.1) is 31.0 Å². The molecule has 7 nitrogen and oxygen atoms in total. The molecule has 2 aromatic heterocycles. The van der Waals surface area contributed by atoms with Gasteiger partial charge in [-0.3, -0.25) is 9.59 Å². The van der Waals surface area contributed by atoms with Crippen LogP contribution in [0, 0.1) is 6.92 Å². The summed E-state index contributed by atoms with van der Waals surface area (Å²) in [5.41, 5.74) is 3.28. The average Bonchev–Trinajstić information content (AvgIpc) is 3.23. The van der Waals surface area contributed by atoms with Crippen LogP contribution in [0.5, 0.6) is 11.5 Å². The molecule has 0 aliphatic rings. The molecule has 0 unspecified atom stereocenters. The molecule has 32 heavy (non-hydrogen) atoms. The Labute approximate surface area is 192 Å². The molecule has 0 saturated carbocycles. The van der Waals surface area contributed by atoms with E-state index in [-0.39, 0.29) is 17.2 Å². The van der Waals surface area contributed by atoms with Gasteiger partial charge in [-0.05, 0) is 24.6 Å². The number of hydrogen-bond donors (Lipinski definition) is 2. The summed E-state index contributed by atoms with van der Waals surface area (Å²) in [6.45, 7) is 2.02. The van der Waals surface area contributed by atoms with Crippen molar-refractivity contribution in [2.45, 2.75) is 12.1 Å². The van der Waals surface area contributed by atoms with E-state index in [4.69, 9.17) is 9.47 Å². The lowest BCUT2D eigenvalue weighted by molar-refractivity contribution is -0.113. The second-order valence-corrected chi connectivity index (χ2v) is 8.79. The summed E-state index contributed by atoms with van der Waals surface area (Å²) < 4.78 is 10.5. The van der Waals surface area contributed by atoms with Crippen molar-refractivity contribution in [3.05, 3.63) is 63.8 Å². The van der Waals surface area contributed by atoms with Crippen LogP contribution in [0.1, 0.15) is 5.56 Å². The van der Waals surface area contributed by atoms with Crippen molar-refractivity contribution in [1.82, 2.24) is 9.97 Å². The molecule has 2 aromatic carbocycles. The molecule has 4 aromatic rings. The fraction of sp³-hybridized carbons (Fsp3) is 0.174. The number of nitrogens with one attached hydrogen (secondary N) is 2. The first-order valence-corrected chi connectivity index (χ1v) is 11.6. The summed E-state index contributed by atoms with van der Waals surface area (Å²) in [6.07, 6.45) is 0. The van der Waals surface area contributed by atoms with Crippen molar-refractivity contribution >= 4 is 44.9 Å². The maximum atomic E-state index is 12.8. The Hall–Kier alpha value is -3.30. The van der Waals surface area contributed by atoms with Crippen LogP contribution in [0.3, 0.4) is 0 Å². The number of amides is 1. The average molecular weight is 468 g/mol. The number of nitrogens with zero attached hydrogens (tertiary/aromatic N) is 1. The zero-order valence-electron chi connectivity index (χ0n) is 17.7. The summed E-state index contributed by atoms with van der Waals surface area (Å²) in [4.78, 5) is 33.2. The highest BCUT2D eigenvalue weighted by atomic mass is 32.2. The van der Waals surface area contributed by atoms with Crippen LogP contribution < -0.4 is 20.3 Å². The van der Waals surface area contributed by atoms with Crippen molar-refractivity contribution < 1.29 is 14.3 Å². The fourth-order valence-electron chi connectivity index (χ4n) is 3.18. The van der Waals surface area contributed by atoms with Gasteiger partial charge in [0.15, 0.2) is 5.16 Å². The third-order valence-electron chi connectivity index (χ3n) is 4.81. The Morgan fingerprint density at radius 1 is 1.16 bits per heavy atom. The van der Waals surface area contributed by atoms with Crippen molar-refractivity contribution in [2.24, 2.45) is 0 Å². The van der Waals surface area contributed by atoms with E-state index in [2.05, 4.69) is 15.3 Å².